The van der Waals surface area contributed by atoms with Crippen LogP contribution in [0.25, 0.3) is 0 Å². The van der Waals surface area contributed by atoms with Crippen LogP contribution in [0.1, 0.15) is 0 Å². The molecule has 0 saturated heterocycles. The fraction of sp³-hybridized carbons (Fsp3) is 0. The molecule has 0 atom stereocenters. The first-order valence-corrected chi connectivity index (χ1v) is 4.82. The van der Waals surface area contributed by atoms with Gasteiger partial charge in [0, 0.05) is 0 Å². The molecule has 0 aliphatic heterocycles. The Hall–Kier alpha value is 0.339. The number of hydrogen-bond acceptors (Lipinski definition) is 3. The predicted molar refractivity (Wildman–Crippen MR) is 43.6 cm³/mol. The first kappa shape index (κ1) is 7.45. The van der Waals surface area contributed by atoms with E-state index in [2.05, 4.69) is 41.3 Å². The molecule has 1 heterocycles. The Kier molecular flexibility index (Phi) is 2.89. The minimum atomic E-state index is 0.898. The summed E-state index contributed by atoms with van der Waals surface area (Å²) in [6, 6.07) is 1.93. The minimum absolute atomic E-state index is 0.898. The van der Waals surface area contributed by atoms with E-state index in [0.29, 0.717) is 0 Å². The zero-order valence-corrected chi connectivity index (χ0v) is 8.77. The van der Waals surface area contributed by atoms with Crippen LogP contribution in [-0.4, -0.2) is 39.4 Å². The second-order valence-corrected chi connectivity index (χ2v) is 5.25. The molecule has 1 rings (SSSR count). The van der Waals surface area contributed by atoms with Crippen molar-refractivity contribution in [3.05, 3.63) is 11.4 Å². The second-order valence-electron chi connectivity index (χ2n) is 1.31. The molecule has 0 saturated carbocycles. The van der Waals surface area contributed by atoms with Crippen molar-refractivity contribution in [2.75, 3.05) is 5.32 Å². The fourth-order valence-electron chi connectivity index (χ4n) is 0.387. The Labute approximate surface area is 73.4 Å². The summed E-state index contributed by atoms with van der Waals surface area (Å²) in [5.74, 6) is 0.898. The summed E-state index contributed by atoms with van der Waals surface area (Å²) >= 11 is 6.63. The summed E-state index contributed by atoms with van der Waals surface area (Å²) < 4.78 is 5.02. The molecule has 0 aliphatic carbocycles. The van der Waals surface area contributed by atoms with Crippen molar-refractivity contribution < 1.29 is 0 Å². The molecule has 0 radical (unpaired) electrons. The van der Waals surface area contributed by atoms with Crippen LogP contribution in [0.2, 0.25) is 0 Å². The van der Waals surface area contributed by atoms with Gasteiger partial charge >= 0.3 is 73.5 Å². The molecule has 0 aliphatic rings. The van der Waals surface area contributed by atoms with Gasteiger partial charge in [0.15, 0.2) is 0 Å². The molecule has 1 aromatic rings. The van der Waals surface area contributed by atoms with Crippen molar-refractivity contribution in [1.29, 1.82) is 0 Å². The van der Waals surface area contributed by atoms with E-state index < -0.39 is 0 Å². The molecule has 48 valence electrons. The predicted octanol–water partition coefficient (Wildman–Crippen LogP) is -0.288. The molecule has 0 fully saturated rings. The summed E-state index contributed by atoms with van der Waals surface area (Å²) in [6.07, 6.45) is 0. The van der Waals surface area contributed by atoms with Crippen LogP contribution in [-0.2, 0) is 0 Å². The number of anilines is 1. The summed E-state index contributed by atoms with van der Waals surface area (Å²) in [5, 5.41) is 4.95. The molecule has 0 unspecified atom stereocenters. The second kappa shape index (κ2) is 3.49. The Morgan fingerprint density at radius 1 is 1.89 bits per heavy atom. The van der Waals surface area contributed by atoms with Crippen molar-refractivity contribution in [3.63, 3.8) is 0 Å². The third-order valence-corrected chi connectivity index (χ3v) is 1.68. The number of aromatic nitrogens is 1. The van der Waals surface area contributed by atoms with Gasteiger partial charge in [0.1, 0.15) is 0 Å². The van der Waals surface area contributed by atoms with E-state index in [1.54, 1.807) is 0 Å². The van der Waals surface area contributed by atoms with E-state index in [1.165, 1.54) is 11.5 Å². The Balaban J connectivity index is 2.58. The monoisotopic (exact) mass is 272 g/mol. The first-order valence-electron chi connectivity index (χ1n) is 2.19. The fourth-order valence-corrected chi connectivity index (χ4v) is 1.32. The molecule has 0 spiro atoms. The maximum absolute atomic E-state index is 4.04. The molecule has 0 amide bonds. The van der Waals surface area contributed by atoms with E-state index in [4.69, 9.17) is 0 Å². The SMILES string of the molecule is [Se]=C([SeH])Nc1ccsn1. The van der Waals surface area contributed by atoms with Gasteiger partial charge < -0.3 is 0 Å². The van der Waals surface area contributed by atoms with Crippen molar-refractivity contribution >= 4 is 52.4 Å². The van der Waals surface area contributed by atoms with Crippen LogP contribution < -0.4 is 5.32 Å². The summed E-state index contributed by atoms with van der Waals surface area (Å²) in [7, 11) is 0. The third-order valence-electron chi connectivity index (χ3n) is 0.673. The molecule has 0 bridgehead atoms. The van der Waals surface area contributed by atoms with Crippen LogP contribution in [0.3, 0.4) is 0 Å². The number of hydrogen-bond donors (Lipinski definition) is 1. The van der Waals surface area contributed by atoms with Gasteiger partial charge in [-0.2, -0.15) is 0 Å². The van der Waals surface area contributed by atoms with Gasteiger partial charge in [-0.1, -0.05) is 0 Å². The van der Waals surface area contributed by atoms with Crippen molar-refractivity contribution in [1.82, 2.24) is 4.37 Å². The molecular formula is C4H4N2SSe2. The van der Waals surface area contributed by atoms with E-state index >= 15 is 0 Å². The zero-order chi connectivity index (χ0) is 6.69. The normalized spacial score (nSPS) is 9.00. The van der Waals surface area contributed by atoms with Crippen LogP contribution in [0.4, 0.5) is 5.82 Å². The standard InChI is InChI=1S/C4H4N2SSe2/c8-4(9)5-3-1-2-7-6-3/h1-2H,(H2,5,6,8,9). The molecular weight excluding hydrogens is 266 g/mol. The molecule has 1 N–H and O–H groups in total. The number of rotatable bonds is 2. The van der Waals surface area contributed by atoms with E-state index in [9.17, 15) is 0 Å². The number of nitrogens with zero attached hydrogens (tertiary/aromatic N) is 1. The first-order chi connectivity index (χ1) is 4.29. The summed E-state index contributed by atoms with van der Waals surface area (Å²) in [5.41, 5.74) is 0. The van der Waals surface area contributed by atoms with Gasteiger partial charge in [-0.05, 0) is 0 Å². The average Bonchev–Trinajstić information content (AvgIpc) is 2.15. The van der Waals surface area contributed by atoms with E-state index in [-0.39, 0.29) is 0 Å². The van der Waals surface area contributed by atoms with Gasteiger partial charge in [-0.15, -0.1) is 0 Å². The van der Waals surface area contributed by atoms with Gasteiger partial charge in [0.05, 0.1) is 0 Å². The van der Waals surface area contributed by atoms with Gasteiger partial charge in [-0.3, -0.25) is 0 Å². The van der Waals surface area contributed by atoms with E-state index in [1.807, 2.05) is 11.4 Å². The molecule has 0 aromatic carbocycles. The summed E-state index contributed by atoms with van der Waals surface area (Å²) in [6.45, 7) is 0. The summed E-state index contributed by atoms with van der Waals surface area (Å²) in [4.78, 5) is 0. The quantitative estimate of drug-likeness (QED) is 0.747. The van der Waals surface area contributed by atoms with Gasteiger partial charge in [0.2, 0.25) is 0 Å². The Morgan fingerprint density at radius 3 is 3.11 bits per heavy atom. The van der Waals surface area contributed by atoms with Crippen LogP contribution >= 0.6 is 11.5 Å². The molecule has 1 aromatic heterocycles. The Bertz CT molecular complexity index is 196. The van der Waals surface area contributed by atoms with Gasteiger partial charge in [-0.25, -0.2) is 0 Å². The van der Waals surface area contributed by atoms with Crippen molar-refractivity contribution in [2.24, 2.45) is 0 Å². The van der Waals surface area contributed by atoms with Crippen molar-refractivity contribution in [2.45, 2.75) is 0 Å². The number of nitrogens with one attached hydrogen (secondary N) is 1. The average molecular weight is 270 g/mol. The molecule has 9 heavy (non-hydrogen) atoms. The van der Waals surface area contributed by atoms with Gasteiger partial charge in [0.25, 0.3) is 0 Å². The topological polar surface area (TPSA) is 24.9 Å². The molecule has 2 nitrogen and oxygen atoms in total. The van der Waals surface area contributed by atoms with Crippen LogP contribution in [0, 0.1) is 0 Å². The molecule has 5 heteroatoms. The van der Waals surface area contributed by atoms with Crippen molar-refractivity contribution in [3.8, 4) is 0 Å². The Morgan fingerprint density at radius 2 is 2.67 bits per heavy atom. The van der Waals surface area contributed by atoms with Crippen LogP contribution in [0.5, 0.6) is 0 Å². The zero-order valence-electron chi connectivity index (χ0n) is 4.37. The third kappa shape index (κ3) is 2.61. The van der Waals surface area contributed by atoms with Crippen LogP contribution in [0.15, 0.2) is 11.4 Å². The maximum atomic E-state index is 4.04. The van der Waals surface area contributed by atoms with E-state index in [0.717, 1.165) is 9.26 Å².